The number of aromatic nitrogens is 4. The normalized spacial score (nSPS) is 11.6. The first-order valence-electron chi connectivity index (χ1n) is 22.8. The Hall–Kier alpha value is -8.99. The third kappa shape index (κ3) is 6.65. The average Bonchev–Trinajstić information content (AvgIpc) is 3.75. The summed E-state index contributed by atoms with van der Waals surface area (Å²) in [6.45, 7) is 0. The molecule has 13 rings (SSSR count). The Morgan fingerprint density at radius 1 is 0.269 bits per heavy atom. The van der Waals surface area contributed by atoms with Crippen LogP contribution >= 0.6 is 0 Å². The summed E-state index contributed by atoms with van der Waals surface area (Å²) in [5, 5.41) is 9.83. The molecule has 0 unspecified atom stereocenters. The zero-order valence-corrected chi connectivity index (χ0v) is 36.4. The molecule has 0 bridgehead atoms. The van der Waals surface area contributed by atoms with Crippen molar-refractivity contribution >= 4 is 54.1 Å². The van der Waals surface area contributed by atoms with E-state index in [-0.39, 0.29) is 0 Å². The van der Waals surface area contributed by atoms with Gasteiger partial charge in [0.25, 0.3) is 0 Å². The summed E-state index contributed by atoms with van der Waals surface area (Å²) >= 11 is 0. The Labute approximate surface area is 387 Å². The van der Waals surface area contributed by atoms with E-state index in [2.05, 4.69) is 241 Å². The Kier molecular flexibility index (Phi) is 9.14. The number of rotatable bonds is 7. The van der Waals surface area contributed by atoms with Gasteiger partial charge < -0.3 is 4.57 Å². The second kappa shape index (κ2) is 15.9. The minimum Gasteiger partial charge on any atom is -0.309 e. The predicted octanol–water partition coefficient (Wildman–Crippen LogP) is 16.4. The van der Waals surface area contributed by atoms with E-state index in [1.54, 1.807) is 0 Å². The van der Waals surface area contributed by atoms with Gasteiger partial charge in [-0.2, -0.15) is 0 Å². The van der Waals surface area contributed by atoms with Crippen LogP contribution in [0.15, 0.2) is 243 Å². The fourth-order valence-corrected chi connectivity index (χ4v) is 10.1. The van der Waals surface area contributed by atoms with E-state index >= 15 is 0 Å². The molecule has 0 aliphatic rings. The van der Waals surface area contributed by atoms with Gasteiger partial charge in [0, 0.05) is 33.2 Å². The van der Waals surface area contributed by atoms with Crippen molar-refractivity contribution in [1.82, 2.24) is 19.5 Å². The van der Waals surface area contributed by atoms with Gasteiger partial charge in [-0.1, -0.05) is 206 Å². The summed E-state index contributed by atoms with van der Waals surface area (Å²) in [6.07, 6.45) is 0. The van der Waals surface area contributed by atoms with E-state index in [9.17, 15) is 0 Å². The molecule has 13 aromatic rings. The van der Waals surface area contributed by atoms with Crippen LogP contribution in [0.5, 0.6) is 0 Å². The standard InChI is InChI=1S/C63H40N4/c1-3-15-41(16-4-1)42-29-33-45(34-30-42)61-64-62(46-35-31-44(32-36-46)59-52-24-10-8-18-48(52)40-56-51-23-9-7-17-43(51)37-38-54(56)59)66-63(65-61)49-20-13-19-47(39-49)53-26-14-28-58-60(53)55-25-11-12-27-57(55)67(58)50-21-5-2-6-22-50/h1-40H. The number of para-hydroxylation sites is 2. The second-order valence-corrected chi connectivity index (χ2v) is 17.2. The lowest BCUT2D eigenvalue weighted by molar-refractivity contribution is 1.07. The minimum absolute atomic E-state index is 0.615. The van der Waals surface area contributed by atoms with Crippen molar-refractivity contribution in [3.05, 3.63) is 243 Å². The van der Waals surface area contributed by atoms with Gasteiger partial charge in [0.05, 0.1) is 11.0 Å². The van der Waals surface area contributed by atoms with Gasteiger partial charge in [-0.3, -0.25) is 0 Å². The first-order chi connectivity index (χ1) is 33.2. The summed E-state index contributed by atoms with van der Waals surface area (Å²) in [4.78, 5) is 15.7. The molecule has 11 aromatic carbocycles. The predicted molar refractivity (Wildman–Crippen MR) is 279 cm³/mol. The molecule has 0 radical (unpaired) electrons. The number of hydrogen-bond donors (Lipinski definition) is 0. The SMILES string of the molecule is c1ccc(-c2ccc(-c3nc(-c4ccc(-c5c6ccccc6cc6c5ccc5ccccc56)cc4)nc(-c4cccc(-c5cccc6c5c5ccccc5n6-c5ccccc5)c4)n3)cc2)cc1. The van der Waals surface area contributed by atoms with Crippen molar-refractivity contribution in [1.29, 1.82) is 0 Å². The summed E-state index contributed by atoms with van der Waals surface area (Å²) in [7, 11) is 0. The zero-order chi connectivity index (χ0) is 44.3. The van der Waals surface area contributed by atoms with Crippen LogP contribution in [0.4, 0.5) is 0 Å². The topological polar surface area (TPSA) is 43.6 Å². The van der Waals surface area contributed by atoms with Crippen molar-refractivity contribution in [2.24, 2.45) is 0 Å². The van der Waals surface area contributed by atoms with Crippen LogP contribution in [0.25, 0.3) is 127 Å². The molecular weight excluding hydrogens is 813 g/mol. The van der Waals surface area contributed by atoms with E-state index in [0.29, 0.717) is 17.5 Å². The average molecular weight is 853 g/mol. The molecule has 0 aliphatic carbocycles. The molecule has 0 amide bonds. The Balaban J connectivity index is 0.955. The molecule has 0 atom stereocenters. The maximum absolute atomic E-state index is 5.27. The van der Waals surface area contributed by atoms with E-state index in [1.165, 1.54) is 54.2 Å². The van der Waals surface area contributed by atoms with Crippen LogP contribution in [-0.4, -0.2) is 19.5 Å². The minimum atomic E-state index is 0.615. The van der Waals surface area contributed by atoms with Gasteiger partial charge >= 0.3 is 0 Å². The zero-order valence-electron chi connectivity index (χ0n) is 36.4. The van der Waals surface area contributed by atoms with Crippen LogP contribution in [-0.2, 0) is 0 Å². The van der Waals surface area contributed by atoms with Crippen molar-refractivity contribution in [2.75, 3.05) is 0 Å². The third-order valence-corrected chi connectivity index (χ3v) is 13.2. The summed E-state index contributed by atoms with van der Waals surface area (Å²) in [5.74, 6) is 1.85. The highest BCUT2D eigenvalue weighted by molar-refractivity contribution is 6.20. The van der Waals surface area contributed by atoms with E-state index in [4.69, 9.17) is 15.0 Å². The molecule has 312 valence electrons. The Morgan fingerprint density at radius 3 is 1.54 bits per heavy atom. The highest BCUT2D eigenvalue weighted by Crippen LogP contribution is 2.42. The van der Waals surface area contributed by atoms with Gasteiger partial charge in [0.15, 0.2) is 17.5 Å². The number of nitrogens with zero attached hydrogens (tertiary/aromatic N) is 4. The maximum Gasteiger partial charge on any atom is 0.164 e. The monoisotopic (exact) mass is 852 g/mol. The molecule has 0 saturated heterocycles. The van der Waals surface area contributed by atoms with E-state index in [1.807, 2.05) is 6.07 Å². The van der Waals surface area contributed by atoms with Gasteiger partial charge in [-0.25, -0.2) is 15.0 Å². The molecule has 0 spiro atoms. The molecule has 0 fully saturated rings. The highest BCUT2D eigenvalue weighted by atomic mass is 15.0. The molecular formula is C63H40N4. The summed E-state index contributed by atoms with van der Waals surface area (Å²) < 4.78 is 2.36. The number of hydrogen-bond acceptors (Lipinski definition) is 3. The first kappa shape index (κ1) is 38.5. The maximum atomic E-state index is 5.27. The van der Waals surface area contributed by atoms with Gasteiger partial charge in [0.2, 0.25) is 0 Å². The molecule has 2 aromatic heterocycles. The van der Waals surface area contributed by atoms with Crippen molar-refractivity contribution in [3.8, 4) is 73.2 Å². The molecule has 0 aliphatic heterocycles. The smallest absolute Gasteiger partial charge is 0.164 e. The number of fused-ring (bicyclic) bond motifs is 7. The van der Waals surface area contributed by atoms with Crippen molar-refractivity contribution in [3.63, 3.8) is 0 Å². The lowest BCUT2D eigenvalue weighted by Crippen LogP contribution is -2.00. The summed E-state index contributed by atoms with van der Waals surface area (Å²) in [5.41, 5.74) is 13.1. The second-order valence-electron chi connectivity index (χ2n) is 17.2. The van der Waals surface area contributed by atoms with Crippen LogP contribution < -0.4 is 0 Å². The van der Waals surface area contributed by atoms with E-state index in [0.717, 1.165) is 55.7 Å². The van der Waals surface area contributed by atoms with Crippen molar-refractivity contribution in [2.45, 2.75) is 0 Å². The van der Waals surface area contributed by atoms with Crippen LogP contribution in [0, 0.1) is 0 Å². The quantitative estimate of drug-likeness (QED) is 0.118. The number of benzene rings is 11. The van der Waals surface area contributed by atoms with Crippen LogP contribution in [0.3, 0.4) is 0 Å². The fraction of sp³-hybridized carbons (Fsp3) is 0. The third-order valence-electron chi connectivity index (χ3n) is 13.2. The molecule has 4 nitrogen and oxygen atoms in total. The Morgan fingerprint density at radius 2 is 0.791 bits per heavy atom. The Bertz CT molecular complexity index is 4010. The molecule has 0 saturated carbocycles. The van der Waals surface area contributed by atoms with E-state index < -0.39 is 0 Å². The van der Waals surface area contributed by atoms with Crippen LogP contribution in [0.2, 0.25) is 0 Å². The highest BCUT2D eigenvalue weighted by Gasteiger charge is 2.19. The molecule has 67 heavy (non-hydrogen) atoms. The molecule has 0 N–H and O–H groups in total. The summed E-state index contributed by atoms with van der Waals surface area (Å²) in [6, 6.07) is 86.5. The van der Waals surface area contributed by atoms with Gasteiger partial charge in [-0.05, 0) is 102 Å². The van der Waals surface area contributed by atoms with Gasteiger partial charge in [0.1, 0.15) is 0 Å². The fourth-order valence-electron chi connectivity index (χ4n) is 10.1. The molecule has 2 heterocycles. The lowest BCUT2D eigenvalue weighted by Gasteiger charge is -2.15. The van der Waals surface area contributed by atoms with Gasteiger partial charge in [-0.15, -0.1) is 0 Å². The molecule has 4 heteroatoms. The largest absolute Gasteiger partial charge is 0.309 e. The lowest BCUT2D eigenvalue weighted by atomic mass is 9.89. The first-order valence-corrected chi connectivity index (χ1v) is 22.8. The van der Waals surface area contributed by atoms with Crippen LogP contribution in [0.1, 0.15) is 0 Å². The van der Waals surface area contributed by atoms with Crippen molar-refractivity contribution < 1.29 is 0 Å².